The second-order valence-corrected chi connectivity index (χ2v) is 5.61. The van der Waals surface area contributed by atoms with Crippen molar-refractivity contribution in [2.24, 2.45) is 17.6 Å². The molecule has 0 radical (unpaired) electrons. The minimum Gasteiger partial charge on any atom is -0.466 e. The number of esters is 1. The van der Waals surface area contributed by atoms with Crippen molar-refractivity contribution in [1.82, 2.24) is 10.2 Å². The van der Waals surface area contributed by atoms with Crippen LogP contribution in [0.5, 0.6) is 0 Å². The average molecular weight is 299 g/mol. The van der Waals surface area contributed by atoms with Crippen LogP contribution >= 0.6 is 0 Å². The highest BCUT2D eigenvalue weighted by Crippen LogP contribution is 2.19. The molecule has 3 amide bonds. The molecule has 1 fully saturated rings. The predicted octanol–water partition coefficient (Wildman–Crippen LogP) is 0.481. The molecule has 7 heteroatoms. The van der Waals surface area contributed by atoms with E-state index in [0.29, 0.717) is 19.7 Å². The fourth-order valence-corrected chi connectivity index (χ4v) is 2.49. The van der Waals surface area contributed by atoms with Gasteiger partial charge >= 0.3 is 12.0 Å². The van der Waals surface area contributed by atoms with Crippen molar-refractivity contribution in [3.05, 3.63) is 0 Å². The van der Waals surface area contributed by atoms with Gasteiger partial charge in [-0.1, -0.05) is 13.8 Å². The normalized spacial score (nSPS) is 20.0. The van der Waals surface area contributed by atoms with Crippen LogP contribution in [0.25, 0.3) is 0 Å². The molecule has 0 aromatic carbocycles. The van der Waals surface area contributed by atoms with E-state index in [2.05, 4.69) is 5.32 Å². The van der Waals surface area contributed by atoms with E-state index in [4.69, 9.17) is 10.5 Å². The molecule has 0 bridgehead atoms. The molecule has 7 nitrogen and oxygen atoms in total. The second kappa shape index (κ2) is 7.85. The van der Waals surface area contributed by atoms with Gasteiger partial charge in [0.2, 0.25) is 5.91 Å². The SMILES string of the molecule is CCOC(=O)C1CCCN(C(=O)C(NC(N)=O)C(C)C)C1. The summed E-state index contributed by atoms with van der Waals surface area (Å²) in [5.41, 5.74) is 5.12. The summed E-state index contributed by atoms with van der Waals surface area (Å²) in [6, 6.07) is -1.38. The summed E-state index contributed by atoms with van der Waals surface area (Å²) in [7, 11) is 0. The number of nitrogens with two attached hydrogens (primary N) is 1. The number of nitrogens with zero attached hydrogens (tertiary/aromatic N) is 1. The summed E-state index contributed by atoms with van der Waals surface area (Å²) in [4.78, 5) is 36.9. The predicted molar refractivity (Wildman–Crippen MR) is 77.3 cm³/mol. The number of carbonyl (C=O) groups excluding carboxylic acids is 3. The van der Waals surface area contributed by atoms with Crippen LogP contribution < -0.4 is 11.1 Å². The lowest BCUT2D eigenvalue weighted by Crippen LogP contribution is -2.55. The van der Waals surface area contributed by atoms with Crippen LogP contribution in [0.15, 0.2) is 0 Å². The quantitative estimate of drug-likeness (QED) is 0.721. The van der Waals surface area contributed by atoms with Gasteiger partial charge in [-0.15, -0.1) is 0 Å². The molecular formula is C14H25N3O4. The standard InChI is InChI=1S/C14H25N3O4/c1-4-21-13(19)10-6-5-7-17(8-10)12(18)11(9(2)3)16-14(15)20/h9-11H,4-8H2,1-3H3,(H3,15,16,20). The molecule has 1 aliphatic rings. The van der Waals surface area contributed by atoms with Crippen molar-refractivity contribution in [2.45, 2.75) is 39.7 Å². The zero-order valence-electron chi connectivity index (χ0n) is 12.9. The van der Waals surface area contributed by atoms with Crippen LogP contribution in [0.1, 0.15) is 33.6 Å². The van der Waals surface area contributed by atoms with Crippen molar-refractivity contribution < 1.29 is 19.1 Å². The highest BCUT2D eigenvalue weighted by atomic mass is 16.5. The number of hydrogen-bond acceptors (Lipinski definition) is 4. The van der Waals surface area contributed by atoms with Gasteiger partial charge in [0, 0.05) is 13.1 Å². The molecule has 1 saturated heterocycles. The first-order chi connectivity index (χ1) is 9.86. The molecule has 0 saturated carbocycles. The van der Waals surface area contributed by atoms with Crippen molar-refractivity contribution in [2.75, 3.05) is 19.7 Å². The molecule has 2 atom stereocenters. The third-order valence-corrected chi connectivity index (χ3v) is 3.58. The zero-order valence-corrected chi connectivity index (χ0v) is 12.9. The number of likely N-dealkylation sites (tertiary alicyclic amines) is 1. The Bertz CT molecular complexity index is 398. The van der Waals surface area contributed by atoms with Crippen molar-refractivity contribution >= 4 is 17.9 Å². The topological polar surface area (TPSA) is 102 Å². The van der Waals surface area contributed by atoms with E-state index in [0.717, 1.165) is 12.8 Å². The molecule has 0 aromatic rings. The van der Waals surface area contributed by atoms with E-state index in [1.54, 1.807) is 11.8 Å². The van der Waals surface area contributed by atoms with Crippen LogP contribution in [0.3, 0.4) is 0 Å². The number of piperidine rings is 1. The summed E-state index contributed by atoms with van der Waals surface area (Å²) < 4.78 is 5.02. The van der Waals surface area contributed by atoms with Crippen LogP contribution in [0, 0.1) is 11.8 Å². The molecule has 0 aromatic heterocycles. The minimum atomic E-state index is -0.721. The number of hydrogen-bond donors (Lipinski definition) is 2. The maximum atomic E-state index is 12.5. The number of urea groups is 1. The van der Waals surface area contributed by atoms with Gasteiger partial charge in [0.25, 0.3) is 0 Å². The van der Waals surface area contributed by atoms with Crippen LogP contribution in [-0.4, -0.2) is 48.5 Å². The Morgan fingerprint density at radius 1 is 1.38 bits per heavy atom. The van der Waals surface area contributed by atoms with E-state index >= 15 is 0 Å². The third-order valence-electron chi connectivity index (χ3n) is 3.58. The number of carbonyl (C=O) groups is 3. The first-order valence-corrected chi connectivity index (χ1v) is 7.38. The van der Waals surface area contributed by atoms with Gasteiger partial charge in [-0.25, -0.2) is 4.79 Å². The third kappa shape index (κ3) is 4.91. The zero-order chi connectivity index (χ0) is 16.0. The Kier molecular flexibility index (Phi) is 6.45. The lowest BCUT2D eigenvalue weighted by atomic mass is 9.95. The van der Waals surface area contributed by atoms with Gasteiger partial charge in [-0.05, 0) is 25.7 Å². The average Bonchev–Trinajstić information content (AvgIpc) is 2.44. The Hall–Kier alpha value is -1.79. The lowest BCUT2D eigenvalue weighted by molar-refractivity contribution is -0.151. The second-order valence-electron chi connectivity index (χ2n) is 5.61. The van der Waals surface area contributed by atoms with Gasteiger partial charge in [0.1, 0.15) is 6.04 Å². The van der Waals surface area contributed by atoms with Gasteiger partial charge in [0.05, 0.1) is 12.5 Å². The molecule has 0 spiro atoms. The van der Waals surface area contributed by atoms with E-state index < -0.39 is 12.1 Å². The van der Waals surface area contributed by atoms with Crippen LogP contribution in [0.2, 0.25) is 0 Å². The Morgan fingerprint density at radius 3 is 2.57 bits per heavy atom. The Morgan fingerprint density at radius 2 is 2.05 bits per heavy atom. The van der Waals surface area contributed by atoms with Crippen molar-refractivity contribution in [3.63, 3.8) is 0 Å². The Labute approximate surface area is 125 Å². The van der Waals surface area contributed by atoms with E-state index in [1.165, 1.54) is 0 Å². The van der Waals surface area contributed by atoms with Crippen molar-refractivity contribution in [1.29, 1.82) is 0 Å². The minimum absolute atomic E-state index is 0.0760. The monoisotopic (exact) mass is 299 g/mol. The summed E-state index contributed by atoms with van der Waals surface area (Å²) in [5.74, 6) is -0.825. The number of nitrogens with one attached hydrogen (secondary N) is 1. The summed E-state index contributed by atoms with van der Waals surface area (Å²) >= 11 is 0. The van der Waals surface area contributed by atoms with Crippen LogP contribution in [-0.2, 0) is 14.3 Å². The Balaban J connectivity index is 2.71. The highest BCUT2D eigenvalue weighted by Gasteiger charge is 2.34. The lowest BCUT2D eigenvalue weighted by Gasteiger charge is -2.35. The summed E-state index contributed by atoms with van der Waals surface area (Å²) in [5, 5.41) is 2.48. The van der Waals surface area contributed by atoms with E-state index in [1.807, 2.05) is 13.8 Å². The smallest absolute Gasteiger partial charge is 0.312 e. The highest BCUT2D eigenvalue weighted by molar-refractivity contribution is 5.87. The van der Waals surface area contributed by atoms with Crippen molar-refractivity contribution in [3.8, 4) is 0 Å². The van der Waals surface area contributed by atoms with Gasteiger partial charge < -0.3 is 20.7 Å². The number of primary amides is 1. The fraction of sp³-hybridized carbons (Fsp3) is 0.786. The largest absolute Gasteiger partial charge is 0.466 e. The maximum absolute atomic E-state index is 12.5. The molecule has 21 heavy (non-hydrogen) atoms. The van der Waals surface area contributed by atoms with Gasteiger partial charge in [-0.3, -0.25) is 9.59 Å². The number of rotatable bonds is 5. The maximum Gasteiger partial charge on any atom is 0.312 e. The van der Waals surface area contributed by atoms with E-state index in [9.17, 15) is 14.4 Å². The number of amides is 3. The molecule has 3 N–H and O–H groups in total. The molecule has 120 valence electrons. The molecule has 1 aliphatic heterocycles. The van der Waals surface area contributed by atoms with Crippen LogP contribution in [0.4, 0.5) is 4.79 Å². The van der Waals surface area contributed by atoms with E-state index in [-0.39, 0.29) is 23.7 Å². The first kappa shape index (κ1) is 17.3. The molecule has 0 aliphatic carbocycles. The number of ether oxygens (including phenoxy) is 1. The fourth-order valence-electron chi connectivity index (χ4n) is 2.49. The summed E-state index contributed by atoms with van der Waals surface area (Å²) in [6.45, 7) is 6.69. The first-order valence-electron chi connectivity index (χ1n) is 7.38. The summed E-state index contributed by atoms with van der Waals surface area (Å²) in [6.07, 6.45) is 1.47. The molecule has 2 unspecified atom stereocenters. The molecule has 1 heterocycles. The molecule has 1 rings (SSSR count). The molecular weight excluding hydrogens is 274 g/mol. The van der Waals surface area contributed by atoms with Gasteiger partial charge in [-0.2, -0.15) is 0 Å². The van der Waals surface area contributed by atoms with Gasteiger partial charge in [0.15, 0.2) is 0 Å².